The molecular weight excluding hydrogens is 314 g/mol. The van der Waals surface area contributed by atoms with Gasteiger partial charge in [0.2, 0.25) is 5.91 Å². The minimum atomic E-state index is -0.0254. The van der Waals surface area contributed by atoms with Crippen LogP contribution in [0.25, 0.3) is 0 Å². The summed E-state index contributed by atoms with van der Waals surface area (Å²) >= 11 is 0. The molecule has 5 nitrogen and oxygen atoms in total. The third-order valence-corrected chi connectivity index (χ3v) is 4.51. The van der Waals surface area contributed by atoms with Crippen LogP contribution in [-0.4, -0.2) is 25.1 Å². The van der Waals surface area contributed by atoms with Gasteiger partial charge in [0.05, 0.1) is 24.8 Å². The number of nitrogen functional groups attached to an aromatic ring is 1. The quantitative estimate of drug-likeness (QED) is 0.821. The summed E-state index contributed by atoms with van der Waals surface area (Å²) in [6.07, 6.45) is 0.945. The van der Waals surface area contributed by atoms with Crippen LogP contribution in [0.1, 0.15) is 31.9 Å². The maximum atomic E-state index is 12.5. The number of carbonyl (C=O) groups is 1. The minimum Gasteiger partial charge on any atom is -0.486 e. The molecule has 1 heterocycles. The average molecular weight is 339 g/mol. The first-order chi connectivity index (χ1) is 12.1. The number of benzene rings is 2. The van der Waals surface area contributed by atoms with Gasteiger partial charge in [0.15, 0.2) is 0 Å². The van der Waals surface area contributed by atoms with Gasteiger partial charge in [0.1, 0.15) is 11.9 Å². The van der Waals surface area contributed by atoms with Gasteiger partial charge in [-0.2, -0.15) is 0 Å². The summed E-state index contributed by atoms with van der Waals surface area (Å²) in [6, 6.07) is 15.5. The second-order valence-electron chi connectivity index (χ2n) is 6.46. The van der Waals surface area contributed by atoms with Gasteiger partial charge in [0, 0.05) is 11.8 Å². The number of nitrogens with one attached hydrogen (secondary N) is 1. The van der Waals surface area contributed by atoms with Crippen LogP contribution in [-0.2, 0) is 4.79 Å². The summed E-state index contributed by atoms with van der Waals surface area (Å²) in [6.45, 7) is 5.07. The van der Waals surface area contributed by atoms with Crippen LogP contribution in [0.3, 0.4) is 0 Å². The second-order valence-corrected chi connectivity index (χ2v) is 6.46. The molecule has 2 atom stereocenters. The van der Waals surface area contributed by atoms with Crippen molar-refractivity contribution >= 4 is 17.3 Å². The van der Waals surface area contributed by atoms with Crippen molar-refractivity contribution in [1.82, 2.24) is 5.32 Å². The van der Waals surface area contributed by atoms with Crippen molar-refractivity contribution in [1.29, 1.82) is 0 Å². The SMILES string of the molecule is CCC1CN(CC(=O)NC(C)c2ccccc2)c2ccc(N)cc2O1. The molecule has 0 spiro atoms. The molecule has 1 aliphatic rings. The molecule has 3 N–H and O–H groups in total. The van der Waals surface area contributed by atoms with Crippen LogP contribution in [0, 0.1) is 0 Å². The number of nitrogens with two attached hydrogens (primary N) is 1. The van der Waals surface area contributed by atoms with E-state index >= 15 is 0 Å². The molecular formula is C20H25N3O2. The predicted molar refractivity (Wildman–Crippen MR) is 101 cm³/mol. The van der Waals surface area contributed by atoms with Crippen LogP contribution in [0.5, 0.6) is 5.75 Å². The van der Waals surface area contributed by atoms with Crippen LogP contribution >= 0.6 is 0 Å². The van der Waals surface area contributed by atoms with Crippen LogP contribution in [0.2, 0.25) is 0 Å². The van der Waals surface area contributed by atoms with Gasteiger partial charge in [-0.05, 0) is 31.0 Å². The highest BCUT2D eigenvalue weighted by Gasteiger charge is 2.26. The van der Waals surface area contributed by atoms with E-state index in [1.165, 1.54) is 0 Å². The van der Waals surface area contributed by atoms with Gasteiger partial charge in [-0.3, -0.25) is 4.79 Å². The van der Waals surface area contributed by atoms with Crippen molar-refractivity contribution in [2.24, 2.45) is 0 Å². The number of hydrogen-bond donors (Lipinski definition) is 2. The lowest BCUT2D eigenvalue weighted by atomic mass is 10.1. The Hall–Kier alpha value is -2.69. The van der Waals surface area contributed by atoms with E-state index in [9.17, 15) is 4.79 Å². The molecule has 1 amide bonds. The highest BCUT2D eigenvalue weighted by Crippen LogP contribution is 2.35. The Kier molecular flexibility index (Phi) is 5.12. The van der Waals surface area contributed by atoms with Crippen molar-refractivity contribution in [3.8, 4) is 5.75 Å². The summed E-state index contributed by atoms with van der Waals surface area (Å²) in [4.78, 5) is 14.6. The first-order valence-electron chi connectivity index (χ1n) is 8.72. The molecule has 0 aromatic heterocycles. The molecule has 1 aliphatic heterocycles. The van der Waals surface area contributed by atoms with Gasteiger partial charge in [-0.25, -0.2) is 0 Å². The zero-order valence-corrected chi connectivity index (χ0v) is 14.7. The lowest BCUT2D eigenvalue weighted by molar-refractivity contribution is -0.120. The molecule has 2 aromatic rings. The third-order valence-electron chi connectivity index (χ3n) is 4.51. The fraction of sp³-hybridized carbons (Fsp3) is 0.350. The normalized spacial score (nSPS) is 17.4. The van der Waals surface area contributed by atoms with E-state index in [1.54, 1.807) is 0 Å². The molecule has 2 aromatic carbocycles. The minimum absolute atomic E-state index is 0.00381. The van der Waals surface area contributed by atoms with Crippen molar-refractivity contribution in [2.45, 2.75) is 32.4 Å². The fourth-order valence-corrected chi connectivity index (χ4v) is 3.10. The lowest BCUT2D eigenvalue weighted by Crippen LogP contribution is -2.45. The van der Waals surface area contributed by atoms with Crippen LogP contribution < -0.4 is 20.7 Å². The van der Waals surface area contributed by atoms with E-state index in [2.05, 4.69) is 17.1 Å². The van der Waals surface area contributed by atoms with E-state index in [4.69, 9.17) is 10.5 Å². The Morgan fingerprint density at radius 2 is 2.08 bits per heavy atom. The first kappa shape index (κ1) is 17.1. The van der Waals surface area contributed by atoms with Gasteiger partial charge < -0.3 is 20.7 Å². The zero-order chi connectivity index (χ0) is 17.8. The summed E-state index contributed by atoms with van der Waals surface area (Å²) < 4.78 is 5.97. The molecule has 132 valence electrons. The van der Waals surface area contributed by atoms with Crippen molar-refractivity contribution in [2.75, 3.05) is 23.7 Å². The topological polar surface area (TPSA) is 67.6 Å². The number of nitrogens with zero attached hydrogens (tertiary/aromatic N) is 1. The zero-order valence-electron chi connectivity index (χ0n) is 14.7. The van der Waals surface area contributed by atoms with E-state index in [0.29, 0.717) is 18.8 Å². The van der Waals surface area contributed by atoms with Gasteiger partial charge in [-0.15, -0.1) is 0 Å². The number of rotatable bonds is 5. The second kappa shape index (κ2) is 7.47. The molecule has 0 fully saturated rings. The summed E-state index contributed by atoms with van der Waals surface area (Å²) in [5.74, 6) is 0.748. The molecule has 3 rings (SSSR count). The largest absolute Gasteiger partial charge is 0.486 e. The number of hydrogen-bond acceptors (Lipinski definition) is 4. The third kappa shape index (κ3) is 4.05. The van der Waals surface area contributed by atoms with Gasteiger partial charge in [0.25, 0.3) is 0 Å². The van der Waals surface area contributed by atoms with Crippen molar-refractivity contribution in [3.63, 3.8) is 0 Å². The number of carbonyl (C=O) groups excluding carboxylic acids is 1. The van der Waals surface area contributed by atoms with E-state index in [-0.39, 0.29) is 18.1 Å². The van der Waals surface area contributed by atoms with E-state index in [0.717, 1.165) is 23.4 Å². The molecule has 0 saturated heterocycles. The smallest absolute Gasteiger partial charge is 0.239 e. The first-order valence-corrected chi connectivity index (χ1v) is 8.72. The summed E-state index contributed by atoms with van der Waals surface area (Å²) in [7, 11) is 0. The summed E-state index contributed by atoms with van der Waals surface area (Å²) in [5, 5.41) is 3.07. The van der Waals surface area contributed by atoms with Crippen LogP contribution in [0.4, 0.5) is 11.4 Å². The number of amides is 1. The molecule has 2 unspecified atom stereocenters. The summed E-state index contributed by atoms with van der Waals surface area (Å²) in [5.41, 5.74) is 8.55. The number of fused-ring (bicyclic) bond motifs is 1. The lowest BCUT2D eigenvalue weighted by Gasteiger charge is -2.36. The standard InChI is InChI=1S/C20H25N3O2/c1-3-17-12-23(18-10-9-16(21)11-19(18)25-17)13-20(24)22-14(2)15-7-5-4-6-8-15/h4-11,14,17H,3,12-13,21H2,1-2H3,(H,22,24). The molecule has 5 heteroatoms. The molecule has 0 radical (unpaired) electrons. The number of ether oxygens (including phenoxy) is 1. The molecule has 0 aliphatic carbocycles. The van der Waals surface area contributed by atoms with Gasteiger partial charge >= 0.3 is 0 Å². The maximum absolute atomic E-state index is 12.5. The Morgan fingerprint density at radius 3 is 2.80 bits per heavy atom. The van der Waals surface area contributed by atoms with E-state index in [1.807, 2.05) is 55.5 Å². The Morgan fingerprint density at radius 1 is 1.32 bits per heavy atom. The Balaban J connectivity index is 1.70. The van der Waals surface area contributed by atoms with E-state index < -0.39 is 0 Å². The molecule has 25 heavy (non-hydrogen) atoms. The highest BCUT2D eigenvalue weighted by atomic mass is 16.5. The fourth-order valence-electron chi connectivity index (χ4n) is 3.10. The van der Waals surface area contributed by atoms with Gasteiger partial charge in [-0.1, -0.05) is 37.3 Å². The Labute approximate surface area is 148 Å². The van der Waals surface area contributed by atoms with Crippen LogP contribution in [0.15, 0.2) is 48.5 Å². The van der Waals surface area contributed by atoms with Crippen molar-refractivity contribution < 1.29 is 9.53 Å². The van der Waals surface area contributed by atoms with Crippen molar-refractivity contribution in [3.05, 3.63) is 54.1 Å². The predicted octanol–water partition coefficient (Wildman–Crippen LogP) is 3.12. The number of anilines is 2. The molecule has 0 bridgehead atoms. The monoisotopic (exact) mass is 339 g/mol. The Bertz CT molecular complexity index is 733. The molecule has 0 saturated carbocycles. The average Bonchev–Trinajstić information content (AvgIpc) is 2.61. The highest BCUT2D eigenvalue weighted by molar-refractivity contribution is 5.83. The maximum Gasteiger partial charge on any atom is 0.239 e.